The van der Waals surface area contributed by atoms with Crippen LogP contribution in [-0.2, 0) is 42.2 Å². The number of ether oxygens (including phenoxy) is 1. The van der Waals surface area contributed by atoms with Crippen LogP contribution in [0.15, 0.2) is 71.6 Å². The third kappa shape index (κ3) is 11.4. The van der Waals surface area contributed by atoms with Gasteiger partial charge in [0.1, 0.15) is 30.1 Å². The number of hydrogen-bond donors (Lipinski definition) is 1. The molecule has 15 heteroatoms. The molecule has 0 atom stereocenters. The summed E-state index contributed by atoms with van der Waals surface area (Å²) in [5.74, 6) is -0.406. The number of halogens is 6. The molecule has 45 heavy (non-hydrogen) atoms. The highest BCUT2D eigenvalue weighted by Gasteiger charge is 2.34. The first-order valence-corrected chi connectivity index (χ1v) is 15.5. The number of rotatable bonds is 15. The Morgan fingerprint density at radius 1 is 0.933 bits per heavy atom. The average molecular weight is 657 g/mol. The zero-order valence-electron chi connectivity index (χ0n) is 23.8. The molecule has 0 radical (unpaired) electrons. The van der Waals surface area contributed by atoms with E-state index < -0.39 is 33.7 Å². The van der Waals surface area contributed by atoms with E-state index in [2.05, 4.69) is 9.97 Å². The lowest BCUT2D eigenvalue weighted by atomic mass is 10.1. The summed E-state index contributed by atoms with van der Waals surface area (Å²) in [6.07, 6.45) is 1.37. The first-order chi connectivity index (χ1) is 21.3. The van der Waals surface area contributed by atoms with Crippen molar-refractivity contribution in [1.82, 2.24) is 19.3 Å². The molecule has 2 aromatic heterocycles. The fraction of sp³-hybridized carbons (Fsp3) is 0.333. The normalized spacial score (nSPS) is 12.7. The largest absolute Gasteiger partial charge is 0.487 e. The summed E-state index contributed by atoms with van der Waals surface area (Å²) in [6.45, 7) is 0.615. The number of imidazole rings is 1. The molecule has 2 aromatic carbocycles. The van der Waals surface area contributed by atoms with E-state index in [4.69, 9.17) is 9.15 Å². The molecule has 0 saturated carbocycles. The molecular weight excluding hydrogens is 626 g/mol. The lowest BCUT2D eigenvalue weighted by Crippen LogP contribution is -2.34. The summed E-state index contributed by atoms with van der Waals surface area (Å²) < 4.78 is 113. The number of oxazole rings is 1. The Labute approximate surface area is 255 Å². The minimum absolute atomic E-state index is 0.161. The van der Waals surface area contributed by atoms with E-state index in [0.717, 1.165) is 37.0 Å². The van der Waals surface area contributed by atoms with Crippen LogP contribution in [0.4, 0.5) is 26.3 Å². The smallest absolute Gasteiger partial charge is 0.416 e. The molecule has 2 heterocycles. The molecule has 242 valence electrons. The molecule has 0 saturated heterocycles. The van der Waals surface area contributed by atoms with Crippen LogP contribution in [0.2, 0.25) is 0 Å². The number of nitrogens with zero attached hydrogens (tertiary/aromatic N) is 3. The van der Waals surface area contributed by atoms with E-state index in [1.165, 1.54) is 18.4 Å². The SMILES string of the molecule is O=S(=O)(CC(F)(F)F)NCCc1nccn1CCCCc1ccc(OCc2coc(C=Cc3ccc(C(F)(F)F)cc3)n2)cc1. The summed E-state index contributed by atoms with van der Waals surface area (Å²) in [5.41, 5.74) is 1.50. The molecule has 0 aliphatic carbocycles. The predicted molar refractivity (Wildman–Crippen MR) is 154 cm³/mol. The Morgan fingerprint density at radius 3 is 2.36 bits per heavy atom. The van der Waals surface area contributed by atoms with Gasteiger partial charge in [-0.25, -0.2) is 23.1 Å². The first-order valence-electron chi connectivity index (χ1n) is 13.8. The summed E-state index contributed by atoms with van der Waals surface area (Å²) in [5, 5.41) is 0. The predicted octanol–water partition coefficient (Wildman–Crippen LogP) is 6.69. The highest BCUT2D eigenvalue weighted by atomic mass is 32.2. The van der Waals surface area contributed by atoms with Crippen molar-refractivity contribution in [2.24, 2.45) is 0 Å². The Balaban J connectivity index is 1.15. The molecule has 1 N–H and O–H groups in total. The third-order valence-electron chi connectivity index (χ3n) is 6.48. The van der Waals surface area contributed by atoms with E-state index in [1.54, 1.807) is 24.5 Å². The van der Waals surface area contributed by atoms with Crippen LogP contribution in [-0.4, -0.2) is 41.4 Å². The first kappa shape index (κ1) is 33.8. The number of unbranched alkanes of at least 4 members (excludes halogenated alkanes) is 1. The lowest BCUT2D eigenvalue weighted by molar-refractivity contribution is -0.137. The maximum Gasteiger partial charge on any atom is 0.416 e. The van der Waals surface area contributed by atoms with E-state index >= 15 is 0 Å². The van der Waals surface area contributed by atoms with Gasteiger partial charge in [0, 0.05) is 38.0 Å². The van der Waals surface area contributed by atoms with Crippen LogP contribution in [0, 0.1) is 0 Å². The Kier molecular flexibility index (Phi) is 11.1. The monoisotopic (exact) mass is 656 g/mol. The van der Waals surface area contributed by atoms with Gasteiger partial charge in [-0.1, -0.05) is 24.3 Å². The highest BCUT2D eigenvalue weighted by molar-refractivity contribution is 7.89. The van der Waals surface area contributed by atoms with Crippen molar-refractivity contribution in [3.05, 3.63) is 101 Å². The van der Waals surface area contributed by atoms with Crippen LogP contribution < -0.4 is 9.46 Å². The number of aryl methyl sites for hydroxylation is 2. The van der Waals surface area contributed by atoms with Crippen LogP contribution in [0.1, 0.15) is 46.9 Å². The average Bonchev–Trinajstić information content (AvgIpc) is 3.61. The second kappa shape index (κ2) is 14.8. The maximum atomic E-state index is 12.7. The van der Waals surface area contributed by atoms with Crippen molar-refractivity contribution in [3.63, 3.8) is 0 Å². The van der Waals surface area contributed by atoms with Gasteiger partial charge in [0.2, 0.25) is 15.9 Å². The highest BCUT2D eigenvalue weighted by Crippen LogP contribution is 2.29. The Hall–Kier alpha value is -4.11. The van der Waals surface area contributed by atoms with Gasteiger partial charge in [0.25, 0.3) is 0 Å². The van der Waals surface area contributed by atoms with Gasteiger partial charge >= 0.3 is 12.4 Å². The Bertz CT molecular complexity index is 1650. The molecule has 0 bridgehead atoms. The van der Waals surface area contributed by atoms with Crippen molar-refractivity contribution in [3.8, 4) is 5.75 Å². The molecule has 0 aliphatic heterocycles. The van der Waals surface area contributed by atoms with Gasteiger partial charge in [-0.2, -0.15) is 26.3 Å². The Morgan fingerprint density at radius 2 is 1.67 bits per heavy atom. The maximum absolute atomic E-state index is 12.7. The molecular formula is C30H30F6N4O4S. The fourth-order valence-corrected chi connectivity index (χ4v) is 5.24. The van der Waals surface area contributed by atoms with Crippen LogP contribution in [0.3, 0.4) is 0 Å². The standard InChI is InChI=1S/C30H30F6N4O4S/c31-29(32,33)21-45(41,42)38-15-14-27-37-16-18-40(27)17-2-1-3-22-6-11-26(12-7-22)43-19-25-20-44-28(39-25)13-8-23-4-9-24(10-5-23)30(34,35)36/h4-13,16,18,20,38H,1-3,14-15,17,19,21H2. The molecule has 8 nitrogen and oxygen atoms in total. The van der Waals surface area contributed by atoms with Gasteiger partial charge in [0.05, 0.1) is 5.56 Å². The van der Waals surface area contributed by atoms with Gasteiger partial charge in [-0.15, -0.1) is 0 Å². The van der Waals surface area contributed by atoms with E-state index in [-0.39, 0.29) is 25.5 Å². The minimum Gasteiger partial charge on any atom is -0.487 e. The molecule has 0 spiro atoms. The molecule has 4 rings (SSSR count). The zero-order chi connectivity index (χ0) is 32.5. The second-order valence-electron chi connectivity index (χ2n) is 10.1. The van der Waals surface area contributed by atoms with E-state index in [9.17, 15) is 34.8 Å². The number of alkyl halides is 6. The van der Waals surface area contributed by atoms with Crippen molar-refractivity contribution in [2.45, 2.75) is 51.2 Å². The summed E-state index contributed by atoms with van der Waals surface area (Å²) in [4.78, 5) is 8.47. The molecule has 0 unspecified atom stereocenters. The van der Waals surface area contributed by atoms with Crippen LogP contribution >= 0.6 is 0 Å². The molecule has 0 fully saturated rings. The van der Waals surface area contributed by atoms with Crippen molar-refractivity contribution >= 4 is 22.2 Å². The molecule has 0 aliphatic rings. The molecule has 0 amide bonds. The topological polar surface area (TPSA) is 99.2 Å². The van der Waals surface area contributed by atoms with Gasteiger partial charge in [-0.3, -0.25) is 0 Å². The van der Waals surface area contributed by atoms with Gasteiger partial charge in [0.15, 0.2) is 5.75 Å². The zero-order valence-corrected chi connectivity index (χ0v) is 24.6. The number of benzene rings is 2. The van der Waals surface area contributed by atoms with Crippen molar-refractivity contribution < 1.29 is 43.9 Å². The number of sulfonamides is 1. The van der Waals surface area contributed by atoms with Crippen LogP contribution in [0.5, 0.6) is 5.75 Å². The fourth-order valence-electron chi connectivity index (χ4n) is 4.29. The summed E-state index contributed by atoms with van der Waals surface area (Å²) in [7, 11) is -4.45. The number of nitrogens with one attached hydrogen (secondary N) is 1. The number of hydrogen-bond acceptors (Lipinski definition) is 6. The minimum atomic E-state index is -4.80. The van der Waals surface area contributed by atoms with Crippen molar-refractivity contribution in [2.75, 3.05) is 12.3 Å². The van der Waals surface area contributed by atoms with Gasteiger partial charge in [-0.05, 0) is 60.7 Å². The quantitative estimate of drug-likeness (QED) is 0.113. The molecule has 4 aromatic rings. The van der Waals surface area contributed by atoms with Crippen LogP contribution in [0.25, 0.3) is 12.2 Å². The van der Waals surface area contributed by atoms with Crippen molar-refractivity contribution in [1.29, 1.82) is 0 Å². The summed E-state index contributed by atoms with van der Waals surface area (Å²) in [6, 6.07) is 12.3. The summed E-state index contributed by atoms with van der Waals surface area (Å²) >= 11 is 0. The lowest BCUT2D eigenvalue weighted by Gasteiger charge is -2.10. The number of aromatic nitrogens is 3. The van der Waals surface area contributed by atoms with Gasteiger partial charge < -0.3 is 13.7 Å². The van der Waals surface area contributed by atoms with E-state index in [0.29, 0.717) is 29.4 Å². The second-order valence-corrected chi connectivity index (χ2v) is 11.9. The van der Waals surface area contributed by atoms with E-state index in [1.807, 2.05) is 33.6 Å². The third-order valence-corrected chi connectivity index (χ3v) is 7.83.